The molecule has 1 aromatic carbocycles. The van der Waals surface area contributed by atoms with Gasteiger partial charge in [-0.05, 0) is 56.0 Å². The largest absolute Gasteiger partial charge is 0.507 e. The number of aryl methyl sites for hydroxylation is 1. The van der Waals surface area contributed by atoms with E-state index in [0.717, 1.165) is 18.7 Å². The van der Waals surface area contributed by atoms with Gasteiger partial charge in [0, 0.05) is 43.2 Å². The van der Waals surface area contributed by atoms with Gasteiger partial charge >= 0.3 is 0 Å². The first-order valence-corrected chi connectivity index (χ1v) is 10.0. The maximum absolute atomic E-state index is 10.5. The third-order valence-corrected chi connectivity index (χ3v) is 6.05. The lowest BCUT2D eigenvalue weighted by molar-refractivity contribution is 0.353. The fraction of sp³-hybridized carbons (Fsp3) is 0.429. The van der Waals surface area contributed by atoms with Crippen molar-refractivity contribution in [3.63, 3.8) is 0 Å². The quantitative estimate of drug-likeness (QED) is 0.699. The molecular formula is C21H24N6O2. The highest BCUT2D eigenvalue weighted by molar-refractivity contribution is 5.71. The molecule has 2 fully saturated rings. The molecule has 2 N–H and O–H groups in total. The number of anilines is 1. The van der Waals surface area contributed by atoms with Gasteiger partial charge in [0.25, 0.3) is 0 Å². The molecule has 0 radical (unpaired) electrons. The predicted molar refractivity (Wildman–Crippen MR) is 109 cm³/mol. The van der Waals surface area contributed by atoms with Crippen molar-refractivity contribution in [3.05, 3.63) is 36.2 Å². The van der Waals surface area contributed by atoms with Crippen LogP contribution in [0.5, 0.6) is 5.75 Å². The number of aromatic hydroxyl groups is 1. The van der Waals surface area contributed by atoms with E-state index < -0.39 is 0 Å². The van der Waals surface area contributed by atoms with Crippen LogP contribution in [0.3, 0.4) is 0 Å². The Morgan fingerprint density at radius 1 is 1.03 bits per heavy atom. The minimum absolute atomic E-state index is 0.101. The van der Waals surface area contributed by atoms with E-state index in [4.69, 9.17) is 4.42 Å². The molecule has 2 aromatic heterocycles. The lowest BCUT2D eigenvalue weighted by Gasteiger charge is -2.36. The van der Waals surface area contributed by atoms with Crippen molar-refractivity contribution < 1.29 is 9.52 Å². The molecular weight excluding hydrogens is 368 g/mol. The highest BCUT2D eigenvalue weighted by Gasteiger charge is 2.35. The number of hydrogen-bond donors (Lipinski definition) is 2. The second-order valence-electron chi connectivity index (χ2n) is 8.01. The van der Waals surface area contributed by atoms with Crippen LogP contribution in [0.4, 0.5) is 5.82 Å². The summed E-state index contributed by atoms with van der Waals surface area (Å²) in [5, 5.41) is 30.8. The summed E-state index contributed by atoms with van der Waals surface area (Å²) in [6.07, 6.45) is 4.84. The van der Waals surface area contributed by atoms with Gasteiger partial charge in [-0.1, -0.05) is 0 Å². The smallest absolute Gasteiger partial charge is 0.247 e. The molecule has 0 saturated carbocycles. The van der Waals surface area contributed by atoms with Crippen LogP contribution in [0.1, 0.15) is 31.6 Å². The lowest BCUT2D eigenvalue weighted by atomic mass is 9.98. The molecule has 4 heterocycles. The molecule has 8 heteroatoms. The van der Waals surface area contributed by atoms with Gasteiger partial charge in [0.15, 0.2) is 5.82 Å². The van der Waals surface area contributed by atoms with Crippen LogP contribution in [0.2, 0.25) is 0 Å². The maximum Gasteiger partial charge on any atom is 0.247 e. The number of nitrogens with one attached hydrogen (secondary N) is 1. The van der Waals surface area contributed by atoms with Crippen molar-refractivity contribution in [3.8, 4) is 28.5 Å². The Morgan fingerprint density at radius 3 is 2.45 bits per heavy atom. The maximum atomic E-state index is 10.5. The van der Waals surface area contributed by atoms with Crippen molar-refractivity contribution in [2.45, 2.75) is 50.7 Å². The van der Waals surface area contributed by atoms with Crippen LogP contribution >= 0.6 is 0 Å². The minimum Gasteiger partial charge on any atom is -0.507 e. The van der Waals surface area contributed by atoms with Gasteiger partial charge < -0.3 is 19.7 Å². The topological polar surface area (TPSA) is 100 Å². The summed E-state index contributed by atoms with van der Waals surface area (Å²) in [5.41, 5.74) is 1.90. The van der Waals surface area contributed by atoms with Crippen LogP contribution in [0, 0.1) is 6.92 Å². The standard InChI is InChI=1S/C21H24N6O2/c1-12-23-26-21(29-12)13-3-6-17(19(28)9-13)18-7-8-20(25-24-18)27(2)16-10-14-4-5-15(11-16)22-14/h3,6-9,14-16,22,28H,4-5,10-11H2,1-2H3/t14-,15?,16-/m0/s1. The Kier molecular flexibility index (Phi) is 4.43. The van der Waals surface area contributed by atoms with Crippen molar-refractivity contribution in [1.29, 1.82) is 0 Å². The molecule has 8 nitrogen and oxygen atoms in total. The van der Waals surface area contributed by atoms with Gasteiger partial charge in [0.05, 0.1) is 5.69 Å². The number of nitrogens with zero attached hydrogens (tertiary/aromatic N) is 5. The first-order valence-electron chi connectivity index (χ1n) is 10.0. The van der Waals surface area contributed by atoms with E-state index in [9.17, 15) is 5.11 Å². The van der Waals surface area contributed by atoms with Gasteiger partial charge in [0.1, 0.15) is 5.75 Å². The molecule has 1 unspecified atom stereocenters. The van der Waals surface area contributed by atoms with E-state index in [0.29, 0.717) is 46.7 Å². The van der Waals surface area contributed by atoms with Crippen LogP contribution in [-0.4, -0.2) is 50.7 Å². The zero-order valence-corrected chi connectivity index (χ0v) is 16.5. The van der Waals surface area contributed by atoms with Crippen molar-refractivity contribution in [2.75, 3.05) is 11.9 Å². The summed E-state index contributed by atoms with van der Waals surface area (Å²) in [6.45, 7) is 1.73. The van der Waals surface area contributed by atoms with Crippen molar-refractivity contribution >= 4 is 5.82 Å². The van der Waals surface area contributed by atoms with Gasteiger partial charge in [-0.15, -0.1) is 20.4 Å². The first kappa shape index (κ1) is 18.1. The van der Waals surface area contributed by atoms with E-state index >= 15 is 0 Å². The van der Waals surface area contributed by atoms with Crippen LogP contribution in [-0.2, 0) is 0 Å². The second-order valence-corrected chi connectivity index (χ2v) is 8.01. The van der Waals surface area contributed by atoms with E-state index in [-0.39, 0.29) is 5.75 Å². The van der Waals surface area contributed by atoms with Gasteiger partial charge in [-0.3, -0.25) is 0 Å². The number of phenolic OH excluding ortho intramolecular Hbond substituents is 1. The van der Waals surface area contributed by atoms with Crippen LogP contribution < -0.4 is 10.2 Å². The molecule has 5 rings (SSSR count). The molecule has 2 aliphatic heterocycles. The minimum atomic E-state index is 0.101. The Balaban J connectivity index is 1.34. The molecule has 3 atom stereocenters. The average molecular weight is 392 g/mol. The number of aromatic nitrogens is 4. The van der Waals surface area contributed by atoms with E-state index in [1.807, 2.05) is 18.2 Å². The first-order chi connectivity index (χ1) is 14.1. The van der Waals surface area contributed by atoms with Crippen LogP contribution in [0.15, 0.2) is 34.7 Å². The summed E-state index contributed by atoms with van der Waals surface area (Å²) < 4.78 is 5.42. The van der Waals surface area contributed by atoms with Crippen molar-refractivity contribution in [2.24, 2.45) is 0 Å². The van der Waals surface area contributed by atoms with E-state index in [1.54, 1.807) is 19.1 Å². The second kappa shape index (κ2) is 7.11. The fourth-order valence-electron chi connectivity index (χ4n) is 4.48. The van der Waals surface area contributed by atoms with Gasteiger partial charge in [-0.25, -0.2) is 0 Å². The highest BCUT2D eigenvalue weighted by Crippen LogP contribution is 2.33. The number of fused-ring (bicyclic) bond motifs is 2. The van der Waals surface area contributed by atoms with E-state index in [1.165, 1.54) is 12.8 Å². The summed E-state index contributed by atoms with van der Waals surface area (Å²) in [4.78, 5) is 2.24. The number of piperidine rings is 1. The number of rotatable bonds is 4. The van der Waals surface area contributed by atoms with E-state index in [2.05, 4.69) is 37.7 Å². The summed E-state index contributed by atoms with van der Waals surface area (Å²) >= 11 is 0. The summed E-state index contributed by atoms with van der Waals surface area (Å²) in [7, 11) is 2.10. The normalized spacial score (nSPS) is 23.3. The highest BCUT2D eigenvalue weighted by atomic mass is 16.4. The van der Waals surface area contributed by atoms with Gasteiger partial charge in [0.2, 0.25) is 11.8 Å². The molecule has 29 heavy (non-hydrogen) atoms. The van der Waals surface area contributed by atoms with Crippen LogP contribution in [0.25, 0.3) is 22.7 Å². The summed E-state index contributed by atoms with van der Waals surface area (Å²) in [6, 6.07) is 10.9. The molecule has 150 valence electrons. The SMILES string of the molecule is Cc1nnc(-c2ccc(-c3ccc(N(C)[C@@H]4CC5CC[C@@H](C4)N5)nn3)c(O)c2)o1. The molecule has 0 amide bonds. The monoisotopic (exact) mass is 392 g/mol. The Morgan fingerprint density at radius 2 is 1.83 bits per heavy atom. The molecule has 2 aliphatic rings. The van der Waals surface area contributed by atoms with Gasteiger partial charge in [-0.2, -0.15) is 0 Å². The predicted octanol–water partition coefficient (Wildman–Crippen LogP) is 2.93. The zero-order valence-electron chi connectivity index (χ0n) is 16.5. The number of benzene rings is 1. The third kappa shape index (κ3) is 3.44. The average Bonchev–Trinajstić information content (AvgIpc) is 3.32. The zero-order chi connectivity index (χ0) is 20.0. The Labute approximate surface area is 169 Å². The molecule has 2 bridgehead atoms. The lowest BCUT2D eigenvalue weighted by Crippen LogP contribution is -2.47. The Hall–Kier alpha value is -3.00. The molecule has 3 aromatic rings. The fourth-order valence-corrected chi connectivity index (χ4v) is 4.48. The summed E-state index contributed by atoms with van der Waals surface area (Å²) in [5.74, 6) is 1.82. The molecule has 0 aliphatic carbocycles. The molecule has 0 spiro atoms. The molecule has 2 saturated heterocycles. The third-order valence-electron chi connectivity index (χ3n) is 6.05. The Bertz CT molecular complexity index is 1010. The number of phenols is 1. The van der Waals surface area contributed by atoms with Crippen molar-refractivity contribution in [1.82, 2.24) is 25.7 Å². The number of hydrogen-bond acceptors (Lipinski definition) is 8.